The third-order valence-corrected chi connectivity index (χ3v) is 6.23. The topological polar surface area (TPSA) is 28.4 Å². The van der Waals surface area contributed by atoms with Gasteiger partial charge < -0.3 is 14.6 Å². The van der Waals surface area contributed by atoms with E-state index in [4.69, 9.17) is 11.6 Å². The third-order valence-electron chi connectivity index (χ3n) is 5.92. The van der Waals surface area contributed by atoms with Crippen LogP contribution in [0.4, 0.5) is 4.39 Å². The van der Waals surface area contributed by atoms with Crippen molar-refractivity contribution < 1.29 is 9.50 Å². The monoisotopic (exact) mass is 400 g/mol. The summed E-state index contributed by atoms with van der Waals surface area (Å²) in [5.41, 5.74) is 4.34. The summed E-state index contributed by atoms with van der Waals surface area (Å²) < 4.78 is 16.2. The minimum Gasteiger partial charge on any atom is -0.384 e. The first-order valence-corrected chi connectivity index (χ1v) is 10.1. The highest BCUT2D eigenvalue weighted by atomic mass is 35.5. The Kier molecular flexibility index (Phi) is 4.98. The molecule has 0 aliphatic carbocycles. The minimum absolute atomic E-state index is 0.0679. The molecule has 0 radical (unpaired) electrons. The van der Waals surface area contributed by atoms with Crippen molar-refractivity contribution in [3.63, 3.8) is 0 Å². The average molecular weight is 401 g/mol. The van der Waals surface area contributed by atoms with Crippen LogP contribution in [0.5, 0.6) is 0 Å². The van der Waals surface area contributed by atoms with Gasteiger partial charge in [-0.15, -0.1) is 0 Å². The van der Waals surface area contributed by atoms with Gasteiger partial charge in [-0.3, -0.25) is 0 Å². The first-order chi connectivity index (χ1) is 13.3. The van der Waals surface area contributed by atoms with Gasteiger partial charge in [0, 0.05) is 36.1 Å². The molecule has 0 saturated carbocycles. The molecule has 0 spiro atoms. The summed E-state index contributed by atoms with van der Waals surface area (Å²) in [6.07, 6.45) is 1.93. The van der Waals surface area contributed by atoms with Crippen LogP contribution in [0.2, 0.25) is 5.02 Å². The fraction of sp³-hybridized carbons (Fsp3) is 0.391. The maximum atomic E-state index is 14.0. The number of nitrogens with zero attached hydrogens (tertiary/aromatic N) is 2. The molecule has 0 bridgehead atoms. The lowest BCUT2D eigenvalue weighted by Gasteiger charge is -2.27. The number of aryl methyl sites for hydroxylation is 1. The smallest absolute Gasteiger partial charge is 0.142 e. The molecule has 148 valence electrons. The normalized spacial score (nSPS) is 17.4. The SMILES string of the molecule is Cc1ccc2c(c1)c1c(n2CC(C)(O)c2ccc(Cl)c(F)c2)CCN(C)CC1. The lowest BCUT2D eigenvalue weighted by molar-refractivity contribution is 0.0385. The molecule has 3 nitrogen and oxygen atoms in total. The van der Waals surface area contributed by atoms with Gasteiger partial charge in [0.2, 0.25) is 0 Å². The number of halogens is 2. The largest absolute Gasteiger partial charge is 0.384 e. The molecule has 1 N–H and O–H groups in total. The number of aromatic nitrogens is 1. The summed E-state index contributed by atoms with van der Waals surface area (Å²) in [6.45, 7) is 6.23. The number of rotatable bonds is 3. The number of hydrogen-bond donors (Lipinski definition) is 1. The molecular weight excluding hydrogens is 375 g/mol. The van der Waals surface area contributed by atoms with E-state index in [1.54, 1.807) is 13.0 Å². The van der Waals surface area contributed by atoms with Crippen molar-refractivity contribution in [1.29, 1.82) is 0 Å². The van der Waals surface area contributed by atoms with Crippen LogP contribution in [-0.2, 0) is 25.0 Å². The standard InChI is InChI=1S/C23H26ClFN2O/c1-15-4-7-21-18(12-15)17-8-10-26(3)11-9-22(17)27(21)14-23(2,28)16-5-6-19(24)20(25)13-16/h4-7,12-13,28H,8-11,14H2,1-3H3. The fourth-order valence-corrected chi connectivity index (χ4v) is 4.40. The van der Waals surface area contributed by atoms with E-state index in [2.05, 4.69) is 41.6 Å². The van der Waals surface area contributed by atoms with Crippen molar-refractivity contribution >= 4 is 22.5 Å². The van der Waals surface area contributed by atoms with E-state index >= 15 is 0 Å². The maximum absolute atomic E-state index is 14.0. The second-order valence-electron chi connectivity index (χ2n) is 8.24. The van der Waals surface area contributed by atoms with E-state index in [1.807, 2.05) is 0 Å². The molecule has 0 amide bonds. The van der Waals surface area contributed by atoms with Crippen LogP contribution in [0.3, 0.4) is 0 Å². The van der Waals surface area contributed by atoms with Gasteiger partial charge in [-0.1, -0.05) is 29.3 Å². The maximum Gasteiger partial charge on any atom is 0.142 e. The lowest BCUT2D eigenvalue weighted by Crippen LogP contribution is -2.29. The van der Waals surface area contributed by atoms with Gasteiger partial charge in [0.1, 0.15) is 11.4 Å². The Morgan fingerprint density at radius 3 is 2.64 bits per heavy atom. The molecule has 0 fully saturated rings. The van der Waals surface area contributed by atoms with Crippen molar-refractivity contribution in [2.45, 2.75) is 38.8 Å². The first kappa shape index (κ1) is 19.4. The first-order valence-electron chi connectivity index (χ1n) is 9.73. The Labute approximate surface area is 170 Å². The number of aliphatic hydroxyl groups is 1. The van der Waals surface area contributed by atoms with Crippen LogP contribution in [0.25, 0.3) is 10.9 Å². The molecule has 1 aromatic heterocycles. The van der Waals surface area contributed by atoms with Gasteiger partial charge >= 0.3 is 0 Å². The Hall–Kier alpha value is -1.88. The summed E-state index contributed by atoms with van der Waals surface area (Å²) in [5, 5.41) is 12.6. The Morgan fingerprint density at radius 2 is 1.89 bits per heavy atom. The predicted molar refractivity (Wildman–Crippen MR) is 113 cm³/mol. The molecule has 1 unspecified atom stereocenters. The quantitative estimate of drug-likeness (QED) is 0.691. The molecule has 28 heavy (non-hydrogen) atoms. The number of hydrogen-bond acceptors (Lipinski definition) is 2. The van der Waals surface area contributed by atoms with Gasteiger partial charge in [-0.05, 0) is 62.7 Å². The second kappa shape index (κ2) is 7.18. The highest BCUT2D eigenvalue weighted by molar-refractivity contribution is 6.30. The molecular formula is C23H26ClFN2O. The van der Waals surface area contributed by atoms with Crippen LogP contribution in [0, 0.1) is 12.7 Å². The van der Waals surface area contributed by atoms with Crippen molar-refractivity contribution in [3.8, 4) is 0 Å². The van der Waals surface area contributed by atoms with E-state index in [1.165, 1.54) is 34.3 Å². The highest BCUT2D eigenvalue weighted by Gasteiger charge is 2.29. The van der Waals surface area contributed by atoms with Crippen LogP contribution in [0.15, 0.2) is 36.4 Å². The zero-order valence-corrected chi connectivity index (χ0v) is 17.4. The average Bonchev–Trinajstić information content (AvgIpc) is 2.77. The van der Waals surface area contributed by atoms with E-state index < -0.39 is 11.4 Å². The fourth-order valence-electron chi connectivity index (χ4n) is 4.28. The molecule has 4 rings (SSSR count). The predicted octanol–water partition coefficient (Wildman–Crippen LogP) is 4.68. The van der Waals surface area contributed by atoms with Crippen molar-refractivity contribution in [3.05, 3.63) is 69.6 Å². The van der Waals surface area contributed by atoms with Gasteiger partial charge in [-0.25, -0.2) is 4.39 Å². The molecule has 3 aromatic rings. The molecule has 2 heterocycles. The summed E-state index contributed by atoms with van der Waals surface area (Å²) in [7, 11) is 2.15. The number of likely N-dealkylation sites (N-methyl/N-ethyl adjacent to an activating group) is 1. The highest BCUT2D eigenvalue weighted by Crippen LogP contribution is 2.34. The third kappa shape index (κ3) is 3.45. The van der Waals surface area contributed by atoms with E-state index in [9.17, 15) is 9.50 Å². The Balaban J connectivity index is 1.82. The van der Waals surface area contributed by atoms with Gasteiger partial charge in [-0.2, -0.15) is 0 Å². The molecule has 1 aliphatic heterocycles. The van der Waals surface area contributed by atoms with Gasteiger partial charge in [0.25, 0.3) is 0 Å². The number of fused-ring (bicyclic) bond motifs is 3. The molecule has 0 saturated heterocycles. The van der Waals surface area contributed by atoms with E-state index in [-0.39, 0.29) is 5.02 Å². The second-order valence-corrected chi connectivity index (χ2v) is 8.65. The summed E-state index contributed by atoms with van der Waals surface area (Å²) in [4.78, 5) is 2.35. The zero-order chi connectivity index (χ0) is 20.1. The van der Waals surface area contributed by atoms with Crippen LogP contribution >= 0.6 is 11.6 Å². The summed E-state index contributed by atoms with van der Waals surface area (Å²) in [5.74, 6) is -0.507. The molecule has 1 atom stereocenters. The van der Waals surface area contributed by atoms with Gasteiger partial charge in [0.15, 0.2) is 0 Å². The van der Waals surface area contributed by atoms with Crippen molar-refractivity contribution in [2.75, 3.05) is 20.1 Å². The minimum atomic E-state index is -1.21. The summed E-state index contributed by atoms with van der Waals surface area (Å²) >= 11 is 5.83. The Morgan fingerprint density at radius 1 is 1.14 bits per heavy atom. The molecule has 1 aliphatic rings. The van der Waals surface area contributed by atoms with Crippen molar-refractivity contribution in [1.82, 2.24) is 9.47 Å². The molecule has 2 aromatic carbocycles. The molecule has 5 heteroatoms. The zero-order valence-electron chi connectivity index (χ0n) is 16.6. The van der Waals surface area contributed by atoms with Crippen LogP contribution < -0.4 is 0 Å². The van der Waals surface area contributed by atoms with E-state index in [0.717, 1.165) is 31.4 Å². The van der Waals surface area contributed by atoms with Crippen LogP contribution in [-0.4, -0.2) is 34.7 Å². The Bertz CT molecular complexity index is 1040. The van der Waals surface area contributed by atoms with Crippen molar-refractivity contribution in [2.24, 2.45) is 0 Å². The summed E-state index contributed by atoms with van der Waals surface area (Å²) in [6, 6.07) is 11.0. The number of benzene rings is 2. The lowest BCUT2D eigenvalue weighted by atomic mass is 9.95. The van der Waals surface area contributed by atoms with Gasteiger partial charge in [0.05, 0.1) is 11.6 Å². The van der Waals surface area contributed by atoms with E-state index in [0.29, 0.717) is 12.1 Å². The van der Waals surface area contributed by atoms with Crippen LogP contribution in [0.1, 0.15) is 29.3 Å².